The lowest BCUT2D eigenvalue weighted by atomic mass is 10.0. The minimum Gasteiger partial charge on any atom is -0.505 e. The number of hydrogen-bond donors (Lipinski definition) is 3. The summed E-state index contributed by atoms with van der Waals surface area (Å²) in [6, 6.07) is 16.0. The number of carbonyl (C=O) groups excluding carboxylic acids is 1. The molecule has 196 valence electrons. The molecule has 1 amide bonds. The highest BCUT2D eigenvalue weighted by Crippen LogP contribution is 2.41. The fourth-order valence-electron chi connectivity index (χ4n) is 3.78. The molecular formula is C26H21Cl2N3O6S. The number of benzene rings is 4. The summed E-state index contributed by atoms with van der Waals surface area (Å²) in [7, 11) is -4.62. The maximum absolute atomic E-state index is 13.2. The zero-order valence-corrected chi connectivity index (χ0v) is 22.4. The Morgan fingerprint density at radius 2 is 1.79 bits per heavy atom. The van der Waals surface area contributed by atoms with E-state index in [0.29, 0.717) is 33.8 Å². The normalized spacial score (nSPS) is 11.7. The van der Waals surface area contributed by atoms with Gasteiger partial charge in [-0.1, -0.05) is 53.5 Å². The number of nitrogens with one attached hydrogen (secondary N) is 1. The number of rotatable bonds is 7. The summed E-state index contributed by atoms with van der Waals surface area (Å²) < 4.78 is 38.6. The first-order valence-electron chi connectivity index (χ1n) is 11.2. The number of aryl methyl sites for hydroxylation is 1. The summed E-state index contributed by atoms with van der Waals surface area (Å²) in [6.07, 6.45) is 0. The molecule has 0 aliphatic carbocycles. The van der Waals surface area contributed by atoms with Crippen molar-refractivity contribution in [3.05, 3.63) is 81.8 Å². The van der Waals surface area contributed by atoms with Crippen molar-refractivity contribution in [2.24, 2.45) is 10.2 Å². The second-order valence-corrected chi connectivity index (χ2v) is 10.2. The highest BCUT2D eigenvalue weighted by atomic mass is 35.5. The van der Waals surface area contributed by atoms with Crippen molar-refractivity contribution < 1.29 is 27.6 Å². The lowest BCUT2D eigenvalue weighted by molar-refractivity contribution is 0.102. The number of nitrogens with zero attached hydrogens (tertiary/aromatic N) is 2. The van der Waals surface area contributed by atoms with E-state index >= 15 is 0 Å². The molecule has 3 N–H and O–H groups in total. The van der Waals surface area contributed by atoms with Crippen molar-refractivity contribution >= 4 is 67.1 Å². The number of phenols is 1. The molecule has 0 aliphatic rings. The molecule has 38 heavy (non-hydrogen) atoms. The lowest BCUT2D eigenvalue weighted by Crippen LogP contribution is -2.12. The van der Waals surface area contributed by atoms with E-state index in [1.165, 1.54) is 25.1 Å². The number of hydrogen-bond acceptors (Lipinski definition) is 7. The van der Waals surface area contributed by atoms with E-state index in [4.69, 9.17) is 27.9 Å². The van der Waals surface area contributed by atoms with E-state index in [-0.39, 0.29) is 27.5 Å². The Balaban J connectivity index is 1.78. The van der Waals surface area contributed by atoms with Crippen molar-refractivity contribution in [2.45, 2.75) is 18.7 Å². The van der Waals surface area contributed by atoms with Crippen LogP contribution in [0.25, 0.3) is 10.8 Å². The SMILES string of the molecule is CCOc1cc(NC(=O)c2cc3ccccc3c(N=Nc3ccc(C)c(S(=O)(=O)O)c3Cl)c2O)ccc1Cl. The average Bonchev–Trinajstić information content (AvgIpc) is 2.85. The van der Waals surface area contributed by atoms with Crippen LogP contribution in [0.4, 0.5) is 17.1 Å². The second-order valence-electron chi connectivity index (χ2n) is 8.09. The number of ether oxygens (including phenoxy) is 1. The Labute approximate surface area is 228 Å². The van der Waals surface area contributed by atoms with E-state index in [2.05, 4.69) is 15.5 Å². The highest BCUT2D eigenvalue weighted by molar-refractivity contribution is 7.86. The molecule has 0 saturated heterocycles. The molecule has 4 rings (SSSR count). The number of amides is 1. The summed E-state index contributed by atoms with van der Waals surface area (Å²) in [4.78, 5) is 12.7. The van der Waals surface area contributed by atoms with Gasteiger partial charge in [0.05, 0.1) is 22.2 Å². The van der Waals surface area contributed by atoms with Gasteiger partial charge in [0.1, 0.15) is 22.0 Å². The van der Waals surface area contributed by atoms with Crippen LogP contribution in [0.3, 0.4) is 0 Å². The van der Waals surface area contributed by atoms with Crippen LogP contribution in [0.2, 0.25) is 10.0 Å². The molecule has 0 atom stereocenters. The largest absolute Gasteiger partial charge is 0.505 e. The van der Waals surface area contributed by atoms with Gasteiger partial charge >= 0.3 is 0 Å². The van der Waals surface area contributed by atoms with Crippen LogP contribution in [0.15, 0.2) is 75.8 Å². The predicted molar refractivity (Wildman–Crippen MR) is 146 cm³/mol. The van der Waals surface area contributed by atoms with Crippen molar-refractivity contribution in [2.75, 3.05) is 11.9 Å². The zero-order valence-electron chi connectivity index (χ0n) is 20.1. The molecule has 0 aliphatic heterocycles. The molecule has 0 heterocycles. The highest BCUT2D eigenvalue weighted by Gasteiger charge is 2.22. The van der Waals surface area contributed by atoms with Crippen molar-refractivity contribution in [3.63, 3.8) is 0 Å². The van der Waals surface area contributed by atoms with Crippen LogP contribution in [0.1, 0.15) is 22.8 Å². The van der Waals surface area contributed by atoms with Crippen LogP contribution >= 0.6 is 23.2 Å². The maximum Gasteiger partial charge on any atom is 0.296 e. The zero-order chi connectivity index (χ0) is 27.6. The van der Waals surface area contributed by atoms with Gasteiger partial charge in [0, 0.05) is 17.1 Å². The van der Waals surface area contributed by atoms with Gasteiger partial charge < -0.3 is 15.2 Å². The van der Waals surface area contributed by atoms with Gasteiger partial charge in [-0.25, -0.2) is 0 Å². The number of aromatic hydroxyl groups is 1. The van der Waals surface area contributed by atoms with Gasteiger partial charge in [0.25, 0.3) is 16.0 Å². The number of anilines is 1. The summed E-state index contributed by atoms with van der Waals surface area (Å²) in [5.74, 6) is -0.692. The van der Waals surface area contributed by atoms with E-state index < -0.39 is 26.7 Å². The number of carbonyl (C=O) groups is 1. The Morgan fingerprint density at radius 1 is 1.05 bits per heavy atom. The number of fused-ring (bicyclic) bond motifs is 1. The lowest BCUT2D eigenvalue weighted by Gasteiger charge is -2.13. The summed E-state index contributed by atoms with van der Waals surface area (Å²) in [5.41, 5.74) is 0.428. The van der Waals surface area contributed by atoms with Gasteiger partial charge in [-0.15, -0.1) is 10.2 Å². The quantitative estimate of drug-likeness (QED) is 0.155. The Bertz CT molecular complexity index is 1710. The smallest absolute Gasteiger partial charge is 0.296 e. The number of halogens is 2. The Hall–Kier alpha value is -3.70. The molecule has 0 aromatic heterocycles. The molecule has 0 unspecified atom stereocenters. The van der Waals surface area contributed by atoms with Crippen LogP contribution in [-0.2, 0) is 10.1 Å². The Morgan fingerprint density at radius 3 is 2.50 bits per heavy atom. The molecule has 12 heteroatoms. The van der Waals surface area contributed by atoms with Gasteiger partial charge in [-0.2, -0.15) is 8.42 Å². The van der Waals surface area contributed by atoms with Crippen molar-refractivity contribution in [3.8, 4) is 11.5 Å². The van der Waals surface area contributed by atoms with Crippen LogP contribution in [0, 0.1) is 6.92 Å². The first-order chi connectivity index (χ1) is 18.0. The second kappa shape index (κ2) is 11.0. The van der Waals surface area contributed by atoms with Crippen LogP contribution in [0.5, 0.6) is 11.5 Å². The van der Waals surface area contributed by atoms with E-state index in [1.807, 2.05) is 0 Å². The van der Waals surface area contributed by atoms with Crippen LogP contribution in [-0.4, -0.2) is 30.6 Å². The third-order valence-corrected chi connectivity index (χ3v) is 7.37. The number of azo groups is 1. The molecule has 9 nitrogen and oxygen atoms in total. The fourth-order valence-corrected chi connectivity index (χ4v) is 5.30. The monoisotopic (exact) mass is 573 g/mol. The third kappa shape index (κ3) is 5.58. The average molecular weight is 574 g/mol. The minimum atomic E-state index is -4.62. The fraction of sp³-hybridized carbons (Fsp3) is 0.115. The van der Waals surface area contributed by atoms with Gasteiger partial charge in [-0.05, 0) is 49.1 Å². The molecule has 4 aromatic rings. The summed E-state index contributed by atoms with van der Waals surface area (Å²) in [6.45, 7) is 3.65. The molecule has 0 fully saturated rings. The molecular weight excluding hydrogens is 553 g/mol. The molecule has 0 saturated carbocycles. The Kier molecular flexibility index (Phi) is 7.89. The minimum absolute atomic E-state index is 0.0376. The molecule has 4 aromatic carbocycles. The van der Waals surface area contributed by atoms with E-state index in [9.17, 15) is 22.9 Å². The predicted octanol–water partition coefficient (Wildman–Crippen LogP) is 7.47. The first kappa shape index (κ1) is 27.3. The maximum atomic E-state index is 13.2. The topological polar surface area (TPSA) is 138 Å². The first-order valence-corrected chi connectivity index (χ1v) is 13.4. The van der Waals surface area contributed by atoms with E-state index in [0.717, 1.165) is 0 Å². The summed E-state index contributed by atoms with van der Waals surface area (Å²) in [5, 5.41) is 23.0. The van der Waals surface area contributed by atoms with Crippen LogP contribution < -0.4 is 10.1 Å². The van der Waals surface area contributed by atoms with Crippen molar-refractivity contribution in [1.29, 1.82) is 0 Å². The number of phenolic OH excluding ortho intramolecular Hbond substituents is 1. The van der Waals surface area contributed by atoms with Gasteiger partial charge in [0.2, 0.25) is 0 Å². The summed E-state index contributed by atoms with van der Waals surface area (Å²) >= 11 is 12.3. The standard InChI is InChI=1S/C26H21Cl2N3O6S/c1-3-37-21-13-16(9-10-19(21)27)29-26(33)18-12-15-6-4-5-7-17(15)23(24(18)32)31-30-20-11-8-14(2)25(22(20)28)38(34,35)36/h4-13,32H,3H2,1-2H3,(H,29,33)(H,34,35,36). The van der Waals surface area contributed by atoms with Gasteiger partial charge in [-0.3, -0.25) is 9.35 Å². The van der Waals surface area contributed by atoms with Gasteiger partial charge in [0.15, 0.2) is 5.75 Å². The van der Waals surface area contributed by atoms with E-state index in [1.54, 1.807) is 49.4 Å². The molecule has 0 radical (unpaired) electrons. The molecule has 0 bridgehead atoms. The van der Waals surface area contributed by atoms with Crippen molar-refractivity contribution in [1.82, 2.24) is 0 Å². The third-order valence-electron chi connectivity index (χ3n) is 5.52. The molecule has 0 spiro atoms.